The first-order chi connectivity index (χ1) is 14.0. The van der Waals surface area contributed by atoms with Crippen LogP contribution < -0.4 is 4.72 Å². The fourth-order valence-electron chi connectivity index (χ4n) is 2.92. The Bertz CT molecular complexity index is 999. The van der Waals surface area contributed by atoms with Crippen molar-refractivity contribution in [2.24, 2.45) is 0 Å². The summed E-state index contributed by atoms with van der Waals surface area (Å²) in [4.78, 5) is 28.2. The zero-order valence-electron chi connectivity index (χ0n) is 18.0. The summed E-state index contributed by atoms with van der Waals surface area (Å²) in [6, 6.07) is 12.9. The van der Waals surface area contributed by atoms with Crippen molar-refractivity contribution < 1.29 is 18.0 Å². The van der Waals surface area contributed by atoms with E-state index in [0.717, 1.165) is 5.56 Å². The number of benzene rings is 2. The predicted octanol–water partition coefficient (Wildman–Crippen LogP) is 2.74. The van der Waals surface area contributed by atoms with Crippen molar-refractivity contribution >= 4 is 21.8 Å². The Morgan fingerprint density at radius 2 is 1.60 bits per heavy atom. The highest BCUT2D eigenvalue weighted by atomic mass is 32.2. The van der Waals surface area contributed by atoms with Gasteiger partial charge in [-0.25, -0.2) is 13.1 Å². The number of nitrogens with zero attached hydrogens (tertiary/aromatic N) is 2. The molecule has 0 atom stereocenters. The largest absolute Gasteiger partial charge is 0.345 e. The van der Waals surface area contributed by atoms with Crippen LogP contribution in [0.5, 0.6) is 0 Å². The lowest BCUT2D eigenvalue weighted by Gasteiger charge is -2.22. The summed E-state index contributed by atoms with van der Waals surface area (Å²) in [5.74, 6) is -0.342. The molecule has 2 rings (SSSR count). The van der Waals surface area contributed by atoms with Gasteiger partial charge in [0.05, 0.1) is 4.90 Å². The van der Waals surface area contributed by atoms with Crippen molar-refractivity contribution in [3.63, 3.8) is 0 Å². The summed E-state index contributed by atoms with van der Waals surface area (Å²) >= 11 is 0. The van der Waals surface area contributed by atoms with Gasteiger partial charge in [0.1, 0.15) is 0 Å². The van der Waals surface area contributed by atoms with E-state index in [0.29, 0.717) is 24.2 Å². The summed E-state index contributed by atoms with van der Waals surface area (Å²) in [5.41, 5.74) is 1.77. The summed E-state index contributed by atoms with van der Waals surface area (Å²) < 4.78 is 27.4. The second-order valence-electron chi connectivity index (χ2n) is 7.52. The van der Waals surface area contributed by atoms with Crippen LogP contribution >= 0.6 is 0 Å². The fraction of sp³-hybridized carbons (Fsp3) is 0.364. The number of sulfonamides is 1. The molecule has 0 aliphatic carbocycles. The van der Waals surface area contributed by atoms with Gasteiger partial charge in [-0.3, -0.25) is 9.59 Å². The van der Waals surface area contributed by atoms with Crippen LogP contribution in [0.15, 0.2) is 53.4 Å². The molecule has 0 fully saturated rings. The Morgan fingerprint density at radius 3 is 2.13 bits per heavy atom. The van der Waals surface area contributed by atoms with Gasteiger partial charge < -0.3 is 9.80 Å². The quantitative estimate of drug-likeness (QED) is 0.696. The molecular formula is C22H29N3O4S. The van der Waals surface area contributed by atoms with Crippen LogP contribution in [0.4, 0.5) is 0 Å². The first kappa shape index (κ1) is 23.6. The summed E-state index contributed by atoms with van der Waals surface area (Å²) in [6.07, 6.45) is 0. The summed E-state index contributed by atoms with van der Waals surface area (Å²) in [5, 5.41) is 0. The van der Waals surface area contributed by atoms with Gasteiger partial charge in [0.2, 0.25) is 10.0 Å². The van der Waals surface area contributed by atoms with Gasteiger partial charge in [-0.05, 0) is 56.7 Å². The third-order valence-corrected chi connectivity index (χ3v) is 6.09. The highest BCUT2D eigenvalue weighted by molar-refractivity contribution is 7.89. The number of carbonyl (C=O) groups is 2. The molecule has 0 aliphatic rings. The van der Waals surface area contributed by atoms with E-state index in [9.17, 15) is 18.0 Å². The lowest BCUT2D eigenvalue weighted by Crippen LogP contribution is -2.32. The lowest BCUT2D eigenvalue weighted by atomic mass is 10.1. The molecule has 0 unspecified atom stereocenters. The average Bonchev–Trinajstić information content (AvgIpc) is 2.70. The van der Waals surface area contributed by atoms with Crippen LogP contribution in [-0.2, 0) is 16.6 Å². The molecule has 7 nitrogen and oxygen atoms in total. The van der Waals surface area contributed by atoms with Gasteiger partial charge in [-0.1, -0.05) is 18.2 Å². The van der Waals surface area contributed by atoms with E-state index in [4.69, 9.17) is 0 Å². The molecule has 0 aliphatic heterocycles. The molecule has 2 aromatic rings. The van der Waals surface area contributed by atoms with Crippen LogP contribution in [0.1, 0.15) is 47.1 Å². The lowest BCUT2D eigenvalue weighted by molar-refractivity contribution is 0.0751. The van der Waals surface area contributed by atoms with Crippen LogP contribution in [0.3, 0.4) is 0 Å². The smallest absolute Gasteiger partial charge is 0.254 e. The third kappa shape index (κ3) is 5.90. The van der Waals surface area contributed by atoms with Crippen molar-refractivity contribution in [1.82, 2.24) is 14.5 Å². The Balaban J connectivity index is 2.21. The topological polar surface area (TPSA) is 86.8 Å². The molecule has 30 heavy (non-hydrogen) atoms. The number of rotatable bonds is 8. The molecule has 0 bridgehead atoms. The maximum atomic E-state index is 13.0. The fourth-order valence-corrected chi connectivity index (χ4v) is 4.21. The number of carbonyl (C=O) groups excluding carboxylic acids is 2. The van der Waals surface area contributed by atoms with E-state index in [1.165, 1.54) is 17.0 Å². The standard InChI is InChI=1S/C22H29N3O4S/c1-6-25(15-17-10-12-18(13-11-17)21(26)24(4)5)22(27)19-8-7-9-20(14-19)30(28,29)23-16(2)3/h7-14,16,23H,6,15H2,1-5H3. The van der Waals surface area contributed by atoms with Crippen LogP contribution in [0.2, 0.25) is 0 Å². The van der Waals surface area contributed by atoms with Crippen LogP contribution in [-0.4, -0.2) is 56.7 Å². The van der Waals surface area contributed by atoms with Crippen LogP contribution in [0.25, 0.3) is 0 Å². The average molecular weight is 432 g/mol. The summed E-state index contributed by atoms with van der Waals surface area (Å²) in [7, 11) is -0.297. The third-order valence-electron chi connectivity index (χ3n) is 4.43. The Morgan fingerprint density at radius 1 is 0.967 bits per heavy atom. The molecule has 2 amide bonds. The van der Waals surface area contributed by atoms with E-state index < -0.39 is 10.0 Å². The second-order valence-corrected chi connectivity index (χ2v) is 9.23. The molecule has 1 N–H and O–H groups in total. The maximum absolute atomic E-state index is 13.0. The summed E-state index contributed by atoms with van der Waals surface area (Å²) in [6.45, 7) is 6.15. The van der Waals surface area contributed by atoms with E-state index in [1.807, 2.05) is 19.1 Å². The first-order valence-corrected chi connectivity index (χ1v) is 11.3. The zero-order valence-corrected chi connectivity index (χ0v) is 18.9. The molecule has 162 valence electrons. The first-order valence-electron chi connectivity index (χ1n) is 9.77. The minimum atomic E-state index is -3.68. The van der Waals surface area contributed by atoms with Crippen molar-refractivity contribution in [3.8, 4) is 0 Å². The van der Waals surface area contributed by atoms with Gasteiger partial charge in [-0.15, -0.1) is 0 Å². The number of amides is 2. The Labute approximate surface area is 178 Å². The Hall–Kier alpha value is -2.71. The molecule has 0 heterocycles. The number of hydrogen-bond acceptors (Lipinski definition) is 4. The molecule has 0 radical (unpaired) electrons. The molecular weight excluding hydrogens is 402 g/mol. The minimum absolute atomic E-state index is 0.0599. The Kier molecular flexibility index (Phi) is 7.75. The zero-order chi connectivity index (χ0) is 22.5. The molecule has 0 spiro atoms. The van der Waals surface area contributed by atoms with Gasteiger partial charge in [0, 0.05) is 44.4 Å². The van der Waals surface area contributed by atoms with Gasteiger partial charge in [0.25, 0.3) is 11.8 Å². The highest BCUT2D eigenvalue weighted by Crippen LogP contribution is 2.16. The molecule has 2 aromatic carbocycles. The van der Waals surface area contributed by atoms with Crippen molar-refractivity contribution in [2.45, 2.75) is 38.3 Å². The highest BCUT2D eigenvalue weighted by Gasteiger charge is 2.20. The van der Waals surface area contributed by atoms with E-state index in [2.05, 4.69) is 4.72 Å². The molecule has 8 heteroatoms. The SMILES string of the molecule is CCN(Cc1ccc(C(=O)N(C)C)cc1)C(=O)c1cccc(S(=O)(=O)NC(C)C)c1. The maximum Gasteiger partial charge on any atom is 0.254 e. The van der Waals surface area contributed by atoms with Crippen molar-refractivity contribution in [3.05, 3.63) is 65.2 Å². The monoisotopic (exact) mass is 431 g/mol. The van der Waals surface area contributed by atoms with Gasteiger partial charge in [-0.2, -0.15) is 0 Å². The van der Waals surface area contributed by atoms with Gasteiger partial charge >= 0.3 is 0 Å². The molecule has 0 saturated heterocycles. The van der Waals surface area contributed by atoms with E-state index >= 15 is 0 Å². The second kappa shape index (κ2) is 9.86. The normalized spacial score (nSPS) is 11.4. The van der Waals surface area contributed by atoms with Gasteiger partial charge in [0.15, 0.2) is 0 Å². The number of hydrogen-bond donors (Lipinski definition) is 1. The molecule has 0 saturated carbocycles. The van der Waals surface area contributed by atoms with E-state index in [1.54, 1.807) is 57.1 Å². The van der Waals surface area contributed by atoms with Crippen molar-refractivity contribution in [1.29, 1.82) is 0 Å². The molecule has 0 aromatic heterocycles. The van der Waals surface area contributed by atoms with Crippen molar-refractivity contribution in [2.75, 3.05) is 20.6 Å². The predicted molar refractivity (Wildman–Crippen MR) is 117 cm³/mol. The van der Waals surface area contributed by atoms with Crippen LogP contribution in [0, 0.1) is 0 Å². The number of nitrogens with one attached hydrogen (secondary N) is 1. The minimum Gasteiger partial charge on any atom is -0.345 e. The van der Waals surface area contributed by atoms with E-state index in [-0.39, 0.29) is 22.8 Å².